The lowest BCUT2D eigenvalue weighted by atomic mass is 10.4. The van der Waals surface area contributed by atoms with Crippen molar-refractivity contribution >= 4 is 8.07 Å². The normalized spacial score (nSPS) is 11.4. The van der Waals surface area contributed by atoms with Crippen LogP contribution in [0.5, 0.6) is 0 Å². The van der Waals surface area contributed by atoms with Crippen molar-refractivity contribution in [3.8, 4) is 6.07 Å². The van der Waals surface area contributed by atoms with Crippen LogP contribution in [0, 0.1) is 11.3 Å². The SMILES string of the molecule is C[Si](C)(C)CCOCn1ccnc1CC#N. The number of imidazole rings is 1. The molecular weight excluding hydrogens is 218 g/mol. The van der Waals surface area contributed by atoms with E-state index >= 15 is 0 Å². The summed E-state index contributed by atoms with van der Waals surface area (Å²) in [6.45, 7) is 8.28. The fourth-order valence-electron chi connectivity index (χ4n) is 1.24. The second kappa shape index (κ2) is 5.82. The molecule has 0 spiro atoms. The summed E-state index contributed by atoms with van der Waals surface area (Å²) in [6, 6.07) is 3.26. The molecule has 1 aromatic heterocycles. The van der Waals surface area contributed by atoms with Gasteiger partial charge in [-0.05, 0) is 6.04 Å². The van der Waals surface area contributed by atoms with Crippen molar-refractivity contribution in [2.75, 3.05) is 6.61 Å². The first kappa shape index (κ1) is 12.9. The Hall–Kier alpha value is -1.12. The number of nitrogens with zero attached hydrogens (tertiary/aromatic N) is 3. The highest BCUT2D eigenvalue weighted by molar-refractivity contribution is 6.76. The molecule has 0 bridgehead atoms. The van der Waals surface area contributed by atoms with Gasteiger partial charge in [-0.25, -0.2) is 4.98 Å². The number of hydrogen-bond acceptors (Lipinski definition) is 3. The predicted molar refractivity (Wildman–Crippen MR) is 65.6 cm³/mol. The molecule has 0 fully saturated rings. The summed E-state index contributed by atoms with van der Waals surface area (Å²) in [5.74, 6) is 0.774. The van der Waals surface area contributed by atoms with Gasteiger partial charge in [-0.1, -0.05) is 19.6 Å². The van der Waals surface area contributed by atoms with E-state index in [1.54, 1.807) is 6.20 Å². The molecule has 1 heterocycles. The molecule has 5 heteroatoms. The van der Waals surface area contributed by atoms with Gasteiger partial charge in [-0.2, -0.15) is 5.26 Å². The zero-order chi connectivity index (χ0) is 12.0. The van der Waals surface area contributed by atoms with Crippen LogP contribution >= 0.6 is 0 Å². The monoisotopic (exact) mass is 237 g/mol. The van der Waals surface area contributed by atoms with Crippen molar-refractivity contribution < 1.29 is 4.74 Å². The molecule has 1 aromatic rings. The van der Waals surface area contributed by atoms with Crippen molar-refractivity contribution in [3.05, 3.63) is 18.2 Å². The second-order valence-electron chi connectivity index (χ2n) is 5.00. The molecule has 16 heavy (non-hydrogen) atoms. The summed E-state index contributed by atoms with van der Waals surface area (Å²) < 4.78 is 7.47. The van der Waals surface area contributed by atoms with Crippen molar-refractivity contribution in [1.82, 2.24) is 9.55 Å². The molecule has 88 valence electrons. The number of nitriles is 1. The van der Waals surface area contributed by atoms with Crippen LogP contribution in [0.1, 0.15) is 5.82 Å². The summed E-state index contributed by atoms with van der Waals surface area (Å²) in [4.78, 5) is 4.10. The van der Waals surface area contributed by atoms with Crippen LogP contribution in [0.25, 0.3) is 0 Å². The molecule has 0 unspecified atom stereocenters. The first-order chi connectivity index (χ1) is 7.53. The van der Waals surface area contributed by atoms with Crippen LogP contribution < -0.4 is 0 Å². The van der Waals surface area contributed by atoms with Crippen LogP contribution in [-0.2, 0) is 17.9 Å². The third kappa shape index (κ3) is 4.60. The minimum absolute atomic E-state index is 0.338. The van der Waals surface area contributed by atoms with Crippen LogP contribution in [0.3, 0.4) is 0 Å². The quantitative estimate of drug-likeness (QED) is 0.563. The van der Waals surface area contributed by atoms with E-state index < -0.39 is 8.07 Å². The minimum atomic E-state index is -1.01. The fraction of sp³-hybridized carbons (Fsp3) is 0.636. The van der Waals surface area contributed by atoms with E-state index in [4.69, 9.17) is 10.00 Å². The van der Waals surface area contributed by atoms with Crippen LogP contribution in [0.15, 0.2) is 12.4 Å². The average molecular weight is 237 g/mol. The highest BCUT2D eigenvalue weighted by atomic mass is 28.3. The second-order valence-corrected chi connectivity index (χ2v) is 10.6. The van der Waals surface area contributed by atoms with Crippen molar-refractivity contribution in [3.63, 3.8) is 0 Å². The Morgan fingerprint density at radius 3 is 2.88 bits per heavy atom. The zero-order valence-electron chi connectivity index (χ0n) is 10.2. The van der Waals surface area contributed by atoms with Crippen LogP contribution in [-0.4, -0.2) is 24.2 Å². The number of rotatable bonds is 6. The van der Waals surface area contributed by atoms with Gasteiger partial charge >= 0.3 is 0 Å². The summed E-state index contributed by atoms with van der Waals surface area (Å²) in [7, 11) is -1.01. The van der Waals surface area contributed by atoms with Crippen LogP contribution in [0.4, 0.5) is 0 Å². The number of aromatic nitrogens is 2. The first-order valence-electron chi connectivity index (χ1n) is 5.47. The molecule has 0 saturated heterocycles. The van der Waals surface area contributed by atoms with E-state index in [9.17, 15) is 0 Å². The topological polar surface area (TPSA) is 50.8 Å². The molecule has 0 aromatic carbocycles. The molecule has 0 N–H and O–H groups in total. The minimum Gasteiger partial charge on any atom is -0.361 e. The molecule has 0 saturated carbocycles. The molecule has 4 nitrogen and oxygen atoms in total. The Labute approximate surface area is 97.9 Å². The Kier molecular flexibility index (Phi) is 4.71. The van der Waals surface area contributed by atoms with Crippen molar-refractivity contribution in [1.29, 1.82) is 5.26 Å². The Morgan fingerprint density at radius 1 is 1.50 bits per heavy atom. The summed E-state index contributed by atoms with van der Waals surface area (Å²) >= 11 is 0. The zero-order valence-corrected chi connectivity index (χ0v) is 11.2. The third-order valence-corrected chi connectivity index (χ3v) is 3.97. The van der Waals surface area contributed by atoms with Gasteiger partial charge in [0.15, 0.2) is 0 Å². The van der Waals surface area contributed by atoms with Crippen molar-refractivity contribution in [2.24, 2.45) is 0 Å². The standard InChI is InChI=1S/C11H19N3OSi/c1-16(2,3)9-8-15-10-14-7-6-13-11(14)4-5-12/h6-7H,4,8-10H2,1-3H3. The summed E-state index contributed by atoms with van der Waals surface area (Å²) in [5.41, 5.74) is 0. The Balaban J connectivity index is 2.32. The van der Waals surface area contributed by atoms with Gasteiger partial charge in [0.2, 0.25) is 0 Å². The third-order valence-electron chi connectivity index (χ3n) is 2.27. The lowest BCUT2D eigenvalue weighted by molar-refractivity contribution is 0.0854. The lowest BCUT2D eigenvalue weighted by Crippen LogP contribution is -2.22. The molecule has 0 aliphatic carbocycles. The molecule has 0 atom stereocenters. The van der Waals surface area contributed by atoms with Gasteiger partial charge in [0.1, 0.15) is 12.6 Å². The van der Waals surface area contributed by atoms with Crippen LogP contribution in [0.2, 0.25) is 25.7 Å². The molecule has 0 aliphatic heterocycles. The van der Waals surface area contributed by atoms with E-state index in [1.807, 2.05) is 10.8 Å². The maximum absolute atomic E-state index is 8.60. The van der Waals surface area contributed by atoms with Gasteiger partial charge in [-0.3, -0.25) is 0 Å². The molecule has 0 radical (unpaired) electrons. The summed E-state index contributed by atoms with van der Waals surface area (Å²) in [5, 5.41) is 8.60. The number of ether oxygens (including phenoxy) is 1. The van der Waals surface area contributed by atoms with Gasteiger partial charge in [0.25, 0.3) is 0 Å². The smallest absolute Gasteiger partial charge is 0.124 e. The van der Waals surface area contributed by atoms with Gasteiger partial charge in [0, 0.05) is 27.1 Å². The Morgan fingerprint density at radius 2 is 2.25 bits per heavy atom. The van der Waals surface area contributed by atoms with Gasteiger partial charge in [0.05, 0.1) is 12.5 Å². The fourth-order valence-corrected chi connectivity index (χ4v) is 1.99. The largest absolute Gasteiger partial charge is 0.361 e. The first-order valence-corrected chi connectivity index (χ1v) is 9.18. The predicted octanol–water partition coefficient (Wildman–Crippen LogP) is 2.26. The average Bonchev–Trinajstić information content (AvgIpc) is 2.60. The molecular formula is C11H19N3OSi. The van der Waals surface area contributed by atoms with Crippen molar-refractivity contribution in [2.45, 2.75) is 38.8 Å². The van der Waals surface area contributed by atoms with E-state index in [0.29, 0.717) is 13.2 Å². The van der Waals surface area contributed by atoms with Gasteiger partial charge < -0.3 is 9.30 Å². The van der Waals surface area contributed by atoms with E-state index in [1.165, 1.54) is 0 Å². The lowest BCUT2D eigenvalue weighted by Gasteiger charge is -2.15. The van der Waals surface area contributed by atoms with E-state index in [2.05, 4.69) is 30.7 Å². The highest BCUT2D eigenvalue weighted by Gasteiger charge is 2.12. The number of hydrogen-bond donors (Lipinski definition) is 0. The summed E-state index contributed by atoms with van der Waals surface area (Å²) in [6.07, 6.45) is 3.89. The molecule has 1 rings (SSSR count). The van der Waals surface area contributed by atoms with Gasteiger partial charge in [-0.15, -0.1) is 0 Å². The van der Waals surface area contributed by atoms with E-state index in [0.717, 1.165) is 18.5 Å². The molecule has 0 aliphatic rings. The molecule has 0 amide bonds. The maximum Gasteiger partial charge on any atom is 0.124 e. The maximum atomic E-state index is 8.60. The highest BCUT2D eigenvalue weighted by Crippen LogP contribution is 2.08. The Bertz CT molecular complexity index is 362. The van der Waals surface area contributed by atoms with E-state index in [-0.39, 0.29) is 0 Å².